The highest BCUT2D eigenvalue weighted by atomic mass is 15.1. The van der Waals surface area contributed by atoms with Crippen molar-refractivity contribution in [1.29, 1.82) is 0 Å². The minimum Gasteiger partial charge on any atom is -0.310 e. The molecule has 0 bridgehead atoms. The van der Waals surface area contributed by atoms with Gasteiger partial charge in [0.1, 0.15) is 0 Å². The van der Waals surface area contributed by atoms with Gasteiger partial charge in [-0.1, -0.05) is 212 Å². The predicted octanol–water partition coefficient (Wildman–Crippen LogP) is 17.5. The van der Waals surface area contributed by atoms with Gasteiger partial charge in [0.05, 0.1) is 15.3 Å². The Labute approximate surface area is 379 Å². The molecular formula is C62H43N. The van der Waals surface area contributed by atoms with Crippen LogP contribution in [0.25, 0.3) is 88.3 Å². The largest absolute Gasteiger partial charge is 0.310 e. The van der Waals surface area contributed by atoms with Crippen LogP contribution in [0.5, 0.6) is 0 Å². The van der Waals surface area contributed by atoms with Crippen molar-refractivity contribution >= 4 is 38.6 Å². The zero-order valence-electron chi connectivity index (χ0n) is 41.2. The highest BCUT2D eigenvalue weighted by molar-refractivity contribution is 6.04. The first kappa shape index (κ1) is 30.7. The minimum absolute atomic E-state index is 0.00402. The Balaban J connectivity index is 1.16. The van der Waals surface area contributed by atoms with Crippen molar-refractivity contribution in [3.8, 4) is 66.8 Å². The molecule has 0 atom stereocenters. The fourth-order valence-corrected chi connectivity index (χ4v) is 8.49. The zero-order chi connectivity index (χ0) is 48.0. The van der Waals surface area contributed by atoms with Crippen LogP contribution in [0, 0.1) is 0 Å². The summed E-state index contributed by atoms with van der Waals surface area (Å²) in [4.78, 5) is 1.57. The Morgan fingerprint density at radius 1 is 0.286 bits per heavy atom. The third kappa shape index (κ3) is 7.47. The maximum atomic E-state index is 10.0. The van der Waals surface area contributed by atoms with Crippen LogP contribution in [0.15, 0.2) is 261 Å². The summed E-state index contributed by atoms with van der Waals surface area (Å²) in [5.41, 5.74) is 8.54. The molecule has 0 aliphatic heterocycles. The zero-order valence-corrected chi connectivity index (χ0v) is 34.2. The Bertz CT molecular complexity index is 3750. The van der Waals surface area contributed by atoms with Gasteiger partial charge in [0.2, 0.25) is 0 Å². The summed E-state index contributed by atoms with van der Waals surface area (Å²) in [5, 5.41) is 3.99. The van der Waals surface area contributed by atoms with E-state index >= 15 is 0 Å². The van der Waals surface area contributed by atoms with Crippen molar-refractivity contribution in [2.75, 3.05) is 4.90 Å². The van der Waals surface area contributed by atoms with E-state index in [1.807, 2.05) is 176 Å². The lowest BCUT2D eigenvalue weighted by Crippen LogP contribution is -2.11. The summed E-state index contributed by atoms with van der Waals surface area (Å²) in [6.07, 6.45) is 0. The molecule has 0 radical (unpaired) electrons. The molecule has 11 rings (SSSR count). The van der Waals surface area contributed by atoms with Gasteiger partial charge in [0.25, 0.3) is 0 Å². The molecule has 0 aliphatic carbocycles. The average Bonchev–Trinajstić information content (AvgIpc) is 3.41. The van der Waals surface area contributed by atoms with Gasteiger partial charge in [-0.15, -0.1) is 0 Å². The molecule has 296 valence electrons. The van der Waals surface area contributed by atoms with E-state index in [1.54, 1.807) is 4.90 Å². The lowest BCUT2D eigenvalue weighted by Gasteiger charge is -2.29. The third-order valence-corrected chi connectivity index (χ3v) is 11.6. The lowest BCUT2D eigenvalue weighted by molar-refractivity contribution is 1.28. The van der Waals surface area contributed by atoms with Crippen LogP contribution in [0.3, 0.4) is 0 Å². The van der Waals surface area contributed by atoms with Crippen LogP contribution in [-0.4, -0.2) is 0 Å². The number of hydrogen-bond donors (Lipinski definition) is 0. The van der Waals surface area contributed by atoms with E-state index in [1.165, 1.54) is 5.39 Å². The topological polar surface area (TPSA) is 3.24 Å². The molecule has 1 nitrogen and oxygen atoms in total. The minimum atomic E-state index is -0.335. The highest BCUT2D eigenvalue weighted by Gasteiger charge is 2.20. The summed E-state index contributed by atoms with van der Waals surface area (Å²) in [6, 6.07) is 68.9. The van der Waals surface area contributed by atoms with E-state index in [0.29, 0.717) is 27.9 Å². The summed E-state index contributed by atoms with van der Waals surface area (Å²) >= 11 is 0. The van der Waals surface area contributed by atoms with Crippen molar-refractivity contribution in [3.05, 3.63) is 261 Å². The number of nitrogens with zero attached hydrogens (tertiary/aromatic N) is 1. The molecule has 0 fully saturated rings. The summed E-state index contributed by atoms with van der Waals surface area (Å²) < 4.78 is 69.3. The summed E-state index contributed by atoms with van der Waals surface area (Å²) in [6.45, 7) is 0. The molecule has 0 amide bonds. The van der Waals surface area contributed by atoms with Crippen LogP contribution in [0.4, 0.5) is 17.1 Å². The number of fused-ring (bicyclic) bond motifs is 2. The van der Waals surface area contributed by atoms with Crippen molar-refractivity contribution in [3.63, 3.8) is 0 Å². The molecule has 63 heavy (non-hydrogen) atoms. The standard InChI is InChI=1S/C62H43N/c1-4-15-44(16-5-1)55-34-40-61(60(43-55)48-20-8-3-9-21-48)63(56-35-29-46(30-36-56)52-24-14-25-53(41-52)54-28-27-45-17-10-11-23-51(45)42-54)57-37-31-50(32-38-57)62-58-26-13-12-22-49(58)33-39-59(62)47-18-6-2-7-19-47/h1-43H/i31D,32D,34D,37D,38D,40D,43D. The predicted molar refractivity (Wildman–Crippen MR) is 269 cm³/mol. The second kappa shape index (κ2) is 16.7. The van der Waals surface area contributed by atoms with E-state index < -0.39 is 0 Å². The molecule has 0 N–H and O–H groups in total. The molecule has 0 heterocycles. The number of anilines is 3. The van der Waals surface area contributed by atoms with Gasteiger partial charge >= 0.3 is 0 Å². The molecule has 1 heteroatoms. The molecule has 0 aromatic heterocycles. The molecule has 0 spiro atoms. The number of hydrogen-bond acceptors (Lipinski definition) is 1. The van der Waals surface area contributed by atoms with Gasteiger partial charge < -0.3 is 4.90 Å². The van der Waals surface area contributed by atoms with Crippen molar-refractivity contribution < 1.29 is 9.60 Å². The Morgan fingerprint density at radius 3 is 1.51 bits per heavy atom. The van der Waals surface area contributed by atoms with Crippen LogP contribution >= 0.6 is 0 Å². The number of benzene rings is 11. The lowest BCUT2D eigenvalue weighted by atomic mass is 9.89. The molecule has 11 aromatic rings. The van der Waals surface area contributed by atoms with Gasteiger partial charge in [-0.2, -0.15) is 0 Å². The summed E-state index contributed by atoms with van der Waals surface area (Å²) in [5.74, 6) is 0. The monoisotopic (exact) mass is 808 g/mol. The molecular weight excluding hydrogens is 759 g/mol. The van der Waals surface area contributed by atoms with Crippen LogP contribution in [-0.2, 0) is 0 Å². The summed E-state index contributed by atoms with van der Waals surface area (Å²) in [7, 11) is 0. The fourth-order valence-electron chi connectivity index (χ4n) is 8.49. The Hall–Kier alpha value is -8.26. The highest BCUT2D eigenvalue weighted by Crippen LogP contribution is 2.45. The molecule has 0 unspecified atom stereocenters. The quantitative estimate of drug-likeness (QED) is 0.140. The Kier molecular flexibility index (Phi) is 8.12. The maximum absolute atomic E-state index is 10.0. The first-order valence-electron chi connectivity index (χ1n) is 24.6. The van der Waals surface area contributed by atoms with Crippen LogP contribution in [0.2, 0.25) is 0 Å². The second-order valence-electron chi connectivity index (χ2n) is 15.5. The fraction of sp³-hybridized carbons (Fsp3) is 0. The third-order valence-electron chi connectivity index (χ3n) is 11.6. The average molecular weight is 809 g/mol. The van der Waals surface area contributed by atoms with E-state index in [2.05, 4.69) is 42.5 Å². The molecule has 0 saturated heterocycles. The van der Waals surface area contributed by atoms with Crippen LogP contribution < -0.4 is 4.90 Å². The van der Waals surface area contributed by atoms with E-state index in [-0.39, 0.29) is 64.8 Å². The SMILES string of the molecule is [2H]c1c([2H])c(N(c2ccc(-c3cccc(-c4ccc5ccccc5c4)c3)cc2)c2c([2H])c([2H])c(-c3c(-c4ccccc4)ccc4ccccc34)c([2H])c2[2H])c(-c2ccccc2)c([2H])c1-c1ccccc1. The van der Waals surface area contributed by atoms with E-state index in [0.717, 1.165) is 49.5 Å². The van der Waals surface area contributed by atoms with Gasteiger partial charge in [-0.25, -0.2) is 0 Å². The van der Waals surface area contributed by atoms with Crippen molar-refractivity contribution in [1.82, 2.24) is 0 Å². The normalized spacial score (nSPS) is 12.7. The number of rotatable bonds is 9. The van der Waals surface area contributed by atoms with Crippen molar-refractivity contribution in [2.24, 2.45) is 0 Å². The Morgan fingerprint density at radius 2 is 0.794 bits per heavy atom. The van der Waals surface area contributed by atoms with Crippen LogP contribution in [0.1, 0.15) is 9.60 Å². The van der Waals surface area contributed by atoms with Gasteiger partial charge in [0.15, 0.2) is 0 Å². The smallest absolute Gasteiger partial charge is 0.0645 e. The van der Waals surface area contributed by atoms with Gasteiger partial charge in [-0.05, 0) is 131 Å². The van der Waals surface area contributed by atoms with Crippen molar-refractivity contribution in [2.45, 2.75) is 0 Å². The van der Waals surface area contributed by atoms with E-state index in [9.17, 15) is 9.60 Å². The molecule has 0 saturated carbocycles. The second-order valence-corrected chi connectivity index (χ2v) is 15.5. The maximum Gasteiger partial charge on any atom is 0.0645 e. The van der Waals surface area contributed by atoms with Gasteiger partial charge in [0, 0.05) is 16.9 Å². The molecule has 0 aliphatic rings. The van der Waals surface area contributed by atoms with E-state index in [4.69, 9.17) is 0 Å². The van der Waals surface area contributed by atoms with Gasteiger partial charge in [-0.3, -0.25) is 0 Å². The first-order valence-corrected chi connectivity index (χ1v) is 21.1. The molecule has 11 aromatic carbocycles. The first-order chi connectivity index (χ1) is 34.2.